The molecule has 0 unspecified atom stereocenters. The molecule has 4 rings (SSSR count). The van der Waals surface area contributed by atoms with E-state index >= 15 is 0 Å². The number of Topliss-reactive ketones (excluding diaryl/α,β-unsaturated/α-hetero) is 1. The monoisotopic (exact) mass is 402 g/mol. The zero-order valence-corrected chi connectivity index (χ0v) is 16.4. The first-order valence-corrected chi connectivity index (χ1v) is 9.16. The van der Waals surface area contributed by atoms with Crippen LogP contribution in [0.25, 0.3) is 6.08 Å². The van der Waals surface area contributed by atoms with Crippen molar-refractivity contribution >= 4 is 17.8 Å². The van der Waals surface area contributed by atoms with Gasteiger partial charge in [0.25, 0.3) is 0 Å². The molecule has 0 bridgehead atoms. The summed E-state index contributed by atoms with van der Waals surface area (Å²) in [4.78, 5) is 25.0. The highest BCUT2D eigenvalue weighted by atomic mass is 16.5. The van der Waals surface area contributed by atoms with Crippen LogP contribution >= 0.6 is 0 Å². The van der Waals surface area contributed by atoms with E-state index in [0.717, 1.165) is 0 Å². The van der Waals surface area contributed by atoms with Crippen molar-refractivity contribution in [2.24, 2.45) is 0 Å². The van der Waals surface area contributed by atoms with E-state index in [0.29, 0.717) is 33.9 Å². The van der Waals surface area contributed by atoms with Crippen molar-refractivity contribution in [1.82, 2.24) is 0 Å². The van der Waals surface area contributed by atoms with E-state index in [2.05, 4.69) is 0 Å². The predicted molar refractivity (Wildman–Crippen MR) is 110 cm³/mol. The molecule has 0 saturated carbocycles. The number of esters is 1. The van der Waals surface area contributed by atoms with Gasteiger partial charge in [0, 0.05) is 11.6 Å². The summed E-state index contributed by atoms with van der Waals surface area (Å²) in [6.07, 6.45) is 1.60. The SMILES string of the molecule is COc1ccc(OC)c(/C=C2\Oc3cc(OC(=O)c4ccccc4)ccc3C2=O)c1. The first kappa shape index (κ1) is 19.3. The van der Waals surface area contributed by atoms with Gasteiger partial charge in [-0.1, -0.05) is 18.2 Å². The molecule has 0 saturated heterocycles. The van der Waals surface area contributed by atoms with Gasteiger partial charge < -0.3 is 18.9 Å². The van der Waals surface area contributed by atoms with Crippen molar-refractivity contribution in [1.29, 1.82) is 0 Å². The summed E-state index contributed by atoms with van der Waals surface area (Å²) in [6.45, 7) is 0. The van der Waals surface area contributed by atoms with Crippen LogP contribution < -0.4 is 18.9 Å². The van der Waals surface area contributed by atoms with Crippen molar-refractivity contribution < 1.29 is 28.5 Å². The summed E-state index contributed by atoms with van der Waals surface area (Å²) in [5, 5.41) is 0. The Morgan fingerprint density at radius 2 is 1.67 bits per heavy atom. The normalized spacial score (nSPS) is 13.5. The van der Waals surface area contributed by atoms with Gasteiger partial charge in [0.1, 0.15) is 23.0 Å². The molecule has 3 aromatic rings. The number of benzene rings is 3. The molecule has 0 radical (unpaired) electrons. The molecular formula is C24H18O6. The lowest BCUT2D eigenvalue weighted by molar-refractivity contribution is 0.0734. The molecule has 0 spiro atoms. The van der Waals surface area contributed by atoms with Gasteiger partial charge >= 0.3 is 5.97 Å². The average molecular weight is 402 g/mol. The van der Waals surface area contributed by atoms with Crippen LogP contribution in [-0.4, -0.2) is 26.0 Å². The molecule has 150 valence electrons. The fraction of sp³-hybridized carbons (Fsp3) is 0.0833. The van der Waals surface area contributed by atoms with E-state index < -0.39 is 5.97 Å². The largest absolute Gasteiger partial charge is 0.497 e. The number of hydrogen-bond acceptors (Lipinski definition) is 6. The standard InChI is InChI=1S/C24H18O6/c1-27-17-9-11-20(28-2)16(12-17)13-22-23(25)19-10-8-18(14-21(19)30-22)29-24(26)15-6-4-3-5-7-15/h3-14H,1-2H3/b22-13-. The van der Waals surface area contributed by atoms with Gasteiger partial charge in [-0.2, -0.15) is 0 Å². The molecule has 1 heterocycles. The van der Waals surface area contributed by atoms with Crippen LogP contribution in [0.5, 0.6) is 23.0 Å². The first-order valence-electron chi connectivity index (χ1n) is 9.16. The van der Waals surface area contributed by atoms with Gasteiger partial charge in [-0.3, -0.25) is 4.79 Å². The summed E-state index contributed by atoms with van der Waals surface area (Å²) >= 11 is 0. The van der Waals surface area contributed by atoms with Crippen LogP contribution in [0.15, 0.2) is 72.5 Å². The summed E-state index contributed by atoms with van der Waals surface area (Å²) < 4.78 is 21.7. The molecule has 30 heavy (non-hydrogen) atoms. The van der Waals surface area contributed by atoms with E-state index in [-0.39, 0.29) is 17.3 Å². The minimum Gasteiger partial charge on any atom is -0.497 e. The van der Waals surface area contributed by atoms with E-state index in [1.807, 2.05) is 6.07 Å². The van der Waals surface area contributed by atoms with Crippen molar-refractivity contribution in [3.8, 4) is 23.0 Å². The Balaban J connectivity index is 1.59. The van der Waals surface area contributed by atoms with E-state index in [1.54, 1.807) is 74.9 Å². The molecule has 1 aliphatic rings. The molecule has 3 aromatic carbocycles. The third-order valence-corrected chi connectivity index (χ3v) is 4.58. The number of ether oxygens (including phenoxy) is 4. The first-order chi connectivity index (χ1) is 14.6. The molecule has 1 aliphatic heterocycles. The maximum absolute atomic E-state index is 12.7. The molecule has 0 aromatic heterocycles. The third-order valence-electron chi connectivity index (χ3n) is 4.58. The lowest BCUT2D eigenvalue weighted by Gasteiger charge is -2.08. The molecule has 0 amide bonds. The van der Waals surface area contributed by atoms with E-state index in [9.17, 15) is 9.59 Å². The fourth-order valence-corrected chi connectivity index (χ4v) is 3.06. The van der Waals surface area contributed by atoms with Crippen LogP contribution in [0.1, 0.15) is 26.3 Å². The van der Waals surface area contributed by atoms with Gasteiger partial charge in [-0.25, -0.2) is 4.79 Å². The Hall–Kier alpha value is -4.06. The average Bonchev–Trinajstić information content (AvgIpc) is 3.08. The molecule has 0 atom stereocenters. The van der Waals surface area contributed by atoms with Crippen molar-refractivity contribution in [2.75, 3.05) is 14.2 Å². The number of ketones is 1. The van der Waals surface area contributed by atoms with E-state index in [1.165, 1.54) is 6.07 Å². The summed E-state index contributed by atoms with van der Waals surface area (Å²) in [6, 6.07) is 18.6. The topological polar surface area (TPSA) is 71.1 Å². The van der Waals surface area contributed by atoms with Crippen LogP contribution in [0.4, 0.5) is 0 Å². The highest BCUT2D eigenvalue weighted by Gasteiger charge is 2.28. The fourth-order valence-electron chi connectivity index (χ4n) is 3.06. The number of carbonyl (C=O) groups excluding carboxylic acids is 2. The Morgan fingerprint density at radius 1 is 0.900 bits per heavy atom. The predicted octanol–water partition coefficient (Wildman–Crippen LogP) is 4.54. The van der Waals surface area contributed by atoms with Crippen molar-refractivity contribution in [3.05, 3.63) is 89.2 Å². The summed E-state index contributed by atoms with van der Waals surface area (Å²) in [7, 11) is 3.10. The number of rotatable bonds is 5. The number of carbonyl (C=O) groups is 2. The Bertz CT molecular complexity index is 1150. The number of fused-ring (bicyclic) bond motifs is 1. The zero-order valence-electron chi connectivity index (χ0n) is 16.4. The number of allylic oxidation sites excluding steroid dienone is 1. The van der Waals surface area contributed by atoms with Gasteiger partial charge in [-0.15, -0.1) is 0 Å². The lowest BCUT2D eigenvalue weighted by atomic mass is 10.1. The van der Waals surface area contributed by atoms with Crippen LogP contribution in [0, 0.1) is 0 Å². The molecule has 0 fully saturated rings. The minimum absolute atomic E-state index is 0.142. The lowest BCUT2D eigenvalue weighted by Crippen LogP contribution is -2.08. The molecule has 6 nitrogen and oxygen atoms in total. The second-order valence-corrected chi connectivity index (χ2v) is 6.46. The van der Waals surface area contributed by atoms with Crippen LogP contribution in [0.2, 0.25) is 0 Å². The quantitative estimate of drug-likeness (QED) is 0.355. The second-order valence-electron chi connectivity index (χ2n) is 6.46. The van der Waals surface area contributed by atoms with Gasteiger partial charge in [0.05, 0.1) is 25.3 Å². The molecular weight excluding hydrogens is 384 g/mol. The van der Waals surface area contributed by atoms with E-state index in [4.69, 9.17) is 18.9 Å². The zero-order chi connectivity index (χ0) is 21.1. The van der Waals surface area contributed by atoms with Crippen molar-refractivity contribution in [3.63, 3.8) is 0 Å². The van der Waals surface area contributed by atoms with Crippen LogP contribution in [-0.2, 0) is 0 Å². The molecule has 0 N–H and O–H groups in total. The Labute approximate surface area is 173 Å². The second kappa shape index (κ2) is 8.13. The minimum atomic E-state index is -0.489. The number of methoxy groups -OCH3 is 2. The summed E-state index contributed by atoms with van der Waals surface area (Å²) in [5.74, 6) is 1.20. The molecule has 6 heteroatoms. The highest BCUT2D eigenvalue weighted by Crippen LogP contribution is 2.36. The van der Waals surface area contributed by atoms with Crippen LogP contribution in [0.3, 0.4) is 0 Å². The smallest absolute Gasteiger partial charge is 0.343 e. The van der Waals surface area contributed by atoms with Crippen molar-refractivity contribution in [2.45, 2.75) is 0 Å². The maximum Gasteiger partial charge on any atom is 0.343 e. The third kappa shape index (κ3) is 3.75. The Kier molecular flexibility index (Phi) is 5.22. The summed E-state index contributed by atoms with van der Waals surface area (Å²) in [5.41, 5.74) is 1.46. The Morgan fingerprint density at radius 3 is 2.40 bits per heavy atom. The number of hydrogen-bond donors (Lipinski definition) is 0. The highest BCUT2D eigenvalue weighted by molar-refractivity contribution is 6.14. The van der Waals surface area contributed by atoms with Gasteiger partial charge in [-0.05, 0) is 48.5 Å². The van der Waals surface area contributed by atoms with Gasteiger partial charge in [0.2, 0.25) is 5.78 Å². The molecule has 0 aliphatic carbocycles. The van der Waals surface area contributed by atoms with Gasteiger partial charge in [0.15, 0.2) is 5.76 Å². The maximum atomic E-state index is 12.7.